The molecule has 4 rings (SSSR count). The third kappa shape index (κ3) is 3.70. The second-order valence-electron chi connectivity index (χ2n) is 7.18. The van der Waals surface area contributed by atoms with Gasteiger partial charge in [-0.15, -0.1) is 10.2 Å². The van der Waals surface area contributed by atoms with Gasteiger partial charge in [0.2, 0.25) is 0 Å². The van der Waals surface area contributed by atoms with E-state index in [2.05, 4.69) is 48.6 Å². The molecule has 0 amide bonds. The molecule has 0 saturated carbocycles. The summed E-state index contributed by atoms with van der Waals surface area (Å²) in [5, 5.41) is 8.96. The van der Waals surface area contributed by atoms with Gasteiger partial charge in [0.25, 0.3) is 0 Å². The van der Waals surface area contributed by atoms with Crippen molar-refractivity contribution in [2.24, 2.45) is 7.05 Å². The SMILES string of the molecule is CCCc1cncnc1N1CCC[C@H](c2nnc(Cn3ccnc3)n2C)C1. The summed E-state index contributed by atoms with van der Waals surface area (Å²) in [6, 6.07) is 0. The summed E-state index contributed by atoms with van der Waals surface area (Å²) in [4.78, 5) is 15.3. The molecule has 4 heterocycles. The van der Waals surface area contributed by atoms with Crippen LogP contribution in [-0.2, 0) is 20.0 Å². The largest absolute Gasteiger partial charge is 0.356 e. The van der Waals surface area contributed by atoms with Gasteiger partial charge < -0.3 is 14.0 Å². The van der Waals surface area contributed by atoms with Crippen LogP contribution in [0.3, 0.4) is 0 Å². The molecule has 8 heteroatoms. The lowest BCUT2D eigenvalue weighted by Gasteiger charge is -2.34. The zero-order valence-corrected chi connectivity index (χ0v) is 16.0. The van der Waals surface area contributed by atoms with Crippen LogP contribution in [0.5, 0.6) is 0 Å². The first-order chi connectivity index (χ1) is 13.3. The number of hydrogen-bond acceptors (Lipinski definition) is 6. The number of hydrogen-bond donors (Lipinski definition) is 0. The second-order valence-corrected chi connectivity index (χ2v) is 7.18. The van der Waals surface area contributed by atoms with E-state index in [4.69, 9.17) is 0 Å². The van der Waals surface area contributed by atoms with Gasteiger partial charge in [0.05, 0.1) is 12.9 Å². The van der Waals surface area contributed by atoms with Gasteiger partial charge in [-0.1, -0.05) is 13.3 Å². The van der Waals surface area contributed by atoms with E-state index < -0.39 is 0 Å². The number of aromatic nitrogens is 7. The molecule has 1 aliphatic heterocycles. The fraction of sp³-hybridized carbons (Fsp3) is 0.526. The predicted octanol–water partition coefficient (Wildman–Crippen LogP) is 2.19. The average molecular weight is 366 g/mol. The highest BCUT2D eigenvalue weighted by Gasteiger charge is 2.27. The maximum Gasteiger partial charge on any atom is 0.152 e. The molecule has 0 bridgehead atoms. The molecule has 27 heavy (non-hydrogen) atoms. The summed E-state index contributed by atoms with van der Waals surface area (Å²) in [6.07, 6.45) is 13.5. The smallest absolute Gasteiger partial charge is 0.152 e. The summed E-state index contributed by atoms with van der Waals surface area (Å²) >= 11 is 0. The highest BCUT2D eigenvalue weighted by atomic mass is 15.3. The van der Waals surface area contributed by atoms with Crippen molar-refractivity contribution in [2.75, 3.05) is 18.0 Å². The van der Waals surface area contributed by atoms with E-state index in [9.17, 15) is 0 Å². The molecule has 0 radical (unpaired) electrons. The Hall–Kier alpha value is -2.77. The molecule has 0 aromatic carbocycles. The third-order valence-electron chi connectivity index (χ3n) is 5.25. The number of nitrogens with zero attached hydrogens (tertiary/aromatic N) is 8. The fourth-order valence-electron chi connectivity index (χ4n) is 3.87. The van der Waals surface area contributed by atoms with Crippen molar-refractivity contribution in [3.05, 3.63) is 48.5 Å². The van der Waals surface area contributed by atoms with E-state index in [1.54, 1.807) is 18.9 Å². The minimum atomic E-state index is 0.359. The second kappa shape index (κ2) is 7.85. The number of aryl methyl sites for hydroxylation is 1. The zero-order chi connectivity index (χ0) is 18.6. The highest BCUT2D eigenvalue weighted by Crippen LogP contribution is 2.30. The van der Waals surface area contributed by atoms with Crippen LogP contribution in [0.4, 0.5) is 5.82 Å². The van der Waals surface area contributed by atoms with E-state index in [1.807, 2.05) is 17.0 Å². The van der Waals surface area contributed by atoms with Gasteiger partial charge in [-0.05, 0) is 19.3 Å². The van der Waals surface area contributed by atoms with Gasteiger partial charge in [-0.2, -0.15) is 0 Å². The Morgan fingerprint density at radius 3 is 2.96 bits per heavy atom. The van der Waals surface area contributed by atoms with Crippen molar-refractivity contribution in [2.45, 2.75) is 45.1 Å². The lowest BCUT2D eigenvalue weighted by atomic mass is 9.96. The van der Waals surface area contributed by atoms with Crippen LogP contribution in [0.2, 0.25) is 0 Å². The molecular formula is C19H26N8. The number of anilines is 1. The minimum Gasteiger partial charge on any atom is -0.356 e. The highest BCUT2D eigenvalue weighted by molar-refractivity contribution is 5.46. The topological polar surface area (TPSA) is 77.6 Å². The molecule has 1 saturated heterocycles. The molecule has 0 aliphatic carbocycles. The lowest BCUT2D eigenvalue weighted by molar-refractivity contribution is 0.474. The molecule has 3 aromatic heterocycles. The van der Waals surface area contributed by atoms with E-state index in [-0.39, 0.29) is 0 Å². The standard InChI is InChI=1S/C19H26N8/c1-3-5-15-10-21-13-22-18(15)27-8-4-6-16(11-27)19-24-23-17(25(19)2)12-26-9-7-20-14-26/h7,9-10,13-14,16H,3-6,8,11-12H2,1-2H3/t16-/m0/s1. The molecule has 142 valence electrons. The van der Waals surface area contributed by atoms with Gasteiger partial charge in [0, 0.05) is 50.2 Å². The summed E-state index contributed by atoms with van der Waals surface area (Å²) in [5.74, 6) is 3.45. The fourth-order valence-corrected chi connectivity index (χ4v) is 3.87. The van der Waals surface area contributed by atoms with Crippen LogP contribution in [0.1, 0.15) is 49.3 Å². The van der Waals surface area contributed by atoms with Crippen LogP contribution in [-0.4, -0.2) is 47.4 Å². The Balaban J connectivity index is 1.53. The van der Waals surface area contributed by atoms with Crippen molar-refractivity contribution in [1.29, 1.82) is 0 Å². The van der Waals surface area contributed by atoms with Gasteiger partial charge in [0.1, 0.15) is 18.0 Å². The van der Waals surface area contributed by atoms with Crippen LogP contribution < -0.4 is 4.90 Å². The molecule has 1 aliphatic rings. The monoisotopic (exact) mass is 366 g/mol. The van der Waals surface area contributed by atoms with Crippen LogP contribution in [0, 0.1) is 0 Å². The third-order valence-corrected chi connectivity index (χ3v) is 5.25. The maximum atomic E-state index is 4.59. The van der Waals surface area contributed by atoms with Crippen molar-refractivity contribution in [3.8, 4) is 0 Å². The normalized spacial score (nSPS) is 17.4. The summed E-state index contributed by atoms with van der Waals surface area (Å²) in [6.45, 7) is 4.83. The average Bonchev–Trinajstić information content (AvgIpc) is 3.33. The Labute approximate surface area is 159 Å². The van der Waals surface area contributed by atoms with Gasteiger partial charge in [-0.3, -0.25) is 0 Å². The molecule has 8 nitrogen and oxygen atoms in total. The van der Waals surface area contributed by atoms with Gasteiger partial charge >= 0.3 is 0 Å². The summed E-state index contributed by atoms with van der Waals surface area (Å²) < 4.78 is 4.15. The van der Waals surface area contributed by atoms with E-state index >= 15 is 0 Å². The van der Waals surface area contributed by atoms with Crippen molar-refractivity contribution in [3.63, 3.8) is 0 Å². The van der Waals surface area contributed by atoms with Crippen molar-refractivity contribution < 1.29 is 0 Å². The van der Waals surface area contributed by atoms with E-state index in [0.717, 1.165) is 56.2 Å². The number of imidazole rings is 1. The first kappa shape index (κ1) is 17.6. The Morgan fingerprint density at radius 1 is 1.22 bits per heavy atom. The number of rotatable bonds is 6. The Morgan fingerprint density at radius 2 is 2.15 bits per heavy atom. The maximum absolute atomic E-state index is 4.59. The van der Waals surface area contributed by atoms with E-state index in [0.29, 0.717) is 12.5 Å². The number of piperidine rings is 1. The minimum absolute atomic E-state index is 0.359. The van der Waals surface area contributed by atoms with Gasteiger partial charge in [0.15, 0.2) is 5.82 Å². The summed E-state index contributed by atoms with van der Waals surface area (Å²) in [5.41, 5.74) is 1.24. The molecule has 0 spiro atoms. The molecular weight excluding hydrogens is 340 g/mol. The molecule has 3 aromatic rings. The van der Waals surface area contributed by atoms with Crippen molar-refractivity contribution >= 4 is 5.82 Å². The molecule has 0 N–H and O–H groups in total. The van der Waals surface area contributed by atoms with Crippen LogP contribution in [0.25, 0.3) is 0 Å². The lowest BCUT2D eigenvalue weighted by Crippen LogP contribution is -2.36. The molecule has 1 fully saturated rings. The summed E-state index contributed by atoms with van der Waals surface area (Å²) in [7, 11) is 2.06. The van der Waals surface area contributed by atoms with Gasteiger partial charge in [-0.25, -0.2) is 15.0 Å². The van der Waals surface area contributed by atoms with Crippen LogP contribution >= 0.6 is 0 Å². The van der Waals surface area contributed by atoms with Crippen molar-refractivity contribution in [1.82, 2.24) is 34.3 Å². The Kier molecular flexibility index (Phi) is 5.13. The predicted molar refractivity (Wildman–Crippen MR) is 103 cm³/mol. The molecule has 1 atom stereocenters. The quantitative estimate of drug-likeness (QED) is 0.665. The first-order valence-corrected chi connectivity index (χ1v) is 9.64. The van der Waals surface area contributed by atoms with Crippen LogP contribution in [0.15, 0.2) is 31.2 Å². The van der Waals surface area contributed by atoms with E-state index in [1.165, 1.54) is 5.56 Å². The first-order valence-electron chi connectivity index (χ1n) is 9.64. The zero-order valence-electron chi connectivity index (χ0n) is 16.0. The Bertz CT molecular complexity index is 870. The molecule has 0 unspecified atom stereocenters.